The molecule has 0 radical (unpaired) electrons. The zero-order valence-corrected chi connectivity index (χ0v) is 16.2. The predicted molar refractivity (Wildman–Crippen MR) is 108 cm³/mol. The Kier molecular flexibility index (Phi) is 6.48. The summed E-state index contributed by atoms with van der Waals surface area (Å²) in [6.45, 7) is -0.296. The van der Waals surface area contributed by atoms with Crippen LogP contribution in [0.15, 0.2) is 64.1 Å². The van der Waals surface area contributed by atoms with E-state index in [0.29, 0.717) is 27.9 Å². The number of furan rings is 1. The Labute approximate surface area is 174 Å². The predicted octanol–water partition coefficient (Wildman–Crippen LogP) is 4.69. The SMILES string of the molecule is O=C(COc1ccc(Cl)cc1Cl)N/N=C\c1ccc(-c2cccc([N+](=O)[O-])c2)o1. The van der Waals surface area contributed by atoms with Gasteiger partial charge in [0.25, 0.3) is 11.6 Å². The summed E-state index contributed by atoms with van der Waals surface area (Å²) in [6.07, 6.45) is 1.30. The first kappa shape index (κ1) is 20.4. The van der Waals surface area contributed by atoms with Crippen LogP contribution in [0.5, 0.6) is 5.75 Å². The van der Waals surface area contributed by atoms with Crippen molar-refractivity contribution in [1.82, 2.24) is 5.43 Å². The molecule has 0 aliphatic heterocycles. The summed E-state index contributed by atoms with van der Waals surface area (Å²) in [5, 5.41) is 15.4. The lowest BCUT2D eigenvalue weighted by Gasteiger charge is -2.06. The molecule has 8 nitrogen and oxygen atoms in total. The maximum atomic E-state index is 11.8. The lowest BCUT2D eigenvalue weighted by molar-refractivity contribution is -0.384. The van der Waals surface area contributed by atoms with Crippen LogP contribution in [0, 0.1) is 10.1 Å². The molecule has 3 aromatic rings. The highest BCUT2D eigenvalue weighted by atomic mass is 35.5. The highest BCUT2D eigenvalue weighted by Gasteiger charge is 2.10. The van der Waals surface area contributed by atoms with E-state index in [2.05, 4.69) is 10.5 Å². The fourth-order valence-corrected chi connectivity index (χ4v) is 2.75. The van der Waals surface area contributed by atoms with Gasteiger partial charge in [0.1, 0.15) is 17.3 Å². The molecule has 0 saturated heterocycles. The molecule has 0 fully saturated rings. The van der Waals surface area contributed by atoms with E-state index in [1.165, 1.54) is 24.4 Å². The average Bonchev–Trinajstić information content (AvgIpc) is 3.16. The van der Waals surface area contributed by atoms with Crippen LogP contribution in [0.4, 0.5) is 5.69 Å². The highest BCUT2D eigenvalue weighted by molar-refractivity contribution is 6.35. The summed E-state index contributed by atoms with van der Waals surface area (Å²) in [4.78, 5) is 22.2. The first-order valence-corrected chi connectivity index (χ1v) is 8.92. The molecule has 0 aliphatic carbocycles. The number of carbonyl (C=O) groups is 1. The normalized spacial score (nSPS) is 10.8. The second-order valence-corrected chi connectivity index (χ2v) is 6.51. The molecule has 148 valence electrons. The number of nitrogens with zero attached hydrogens (tertiary/aromatic N) is 2. The summed E-state index contributed by atoms with van der Waals surface area (Å²) >= 11 is 11.7. The number of rotatable bonds is 7. The summed E-state index contributed by atoms with van der Waals surface area (Å²) in [5.41, 5.74) is 2.80. The second kappa shape index (κ2) is 9.22. The van der Waals surface area contributed by atoms with Gasteiger partial charge < -0.3 is 9.15 Å². The molecule has 10 heteroatoms. The molecule has 29 heavy (non-hydrogen) atoms. The number of hydrazone groups is 1. The topological polar surface area (TPSA) is 107 Å². The number of amides is 1. The number of carbonyl (C=O) groups excluding carboxylic acids is 1. The zero-order valence-electron chi connectivity index (χ0n) is 14.7. The molecule has 1 heterocycles. The van der Waals surface area contributed by atoms with Gasteiger partial charge in [-0.3, -0.25) is 14.9 Å². The van der Waals surface area contributed by atoms with Crippen LogP contribution in [-0.4, -0.2) is 23.7 Å². The van der Waals surface area contributed by atoms with Crippen molar-refractivity contribution in [3.05, 3.63) is 80.5 Å². The Morgan fingerprint density at radius 1 is 1.21 bits per heavy atom. The number of non-ortho nitro benzene ring substituents is 1. The van der Waals surface area contributed by atoms with E-state index >= 15 is 0 Å². The van der Waals surface area contributed by atoms with Crippen molar-refractivity contribution in [3.63, 3.8) is 0 Å². The van der Waals surface area contributed by atoms with Crippen molar-refractivity contribution in [2.75, 3.05) is 6.61 Å². The van der Waals surface area contributed by atoms with Crippen molar-refractivity contribution in [2.45, 2.75) is 0 Å². The van der Waals surface area contributed by atoms with E-state index in [-0.39, 0.29) is 17.3 Å². The molecule has 0 saturated carbocycles. The highest BCUT2D eigenvalue weighted by Crippen LogP contribution is 2.27. The van der Waals surface area contributed by atoms with Gasteiger partial charge in [0.15, 0.2) is 6.61 Å². The maximum absolute atomic E-state index is 11.8. The number of hydrogen-bond donors (Lipinski definition) is 1. The van der Waals surface area contributed by atoms with E-state index in [9.17, 15) is 14.9 Å². The molecule has 0 bridgehead atoms. The van der Waals surface area contributed by atoms with Crippen molar-refractivity contribution < 1.29 is 18.9 Å². The molecular weight excluding hydrogens is 421 g/mol. The quantitative estimate of drug-likeness (QED) is 0.330. The van der Waals surface area contributed by atoms with Gasteiger partial charge in [-0.25, -0.2) is 5.43 Å². The van der Waals surface area contributed by atoms with Crippen molar-refractivity contribution >= 4 is 41.0 Å². The van der Waals surface area contributed by atoms with Gasteiger partial charge in [0.2, 0.25) is 0 Å². The fourth-order valence-electron chi connectivity index (χ4n) is 2.29. The first-order chi connectivity index (χ1) is 13.9. The minimum atomic E-state index is -0.502. The molecule has 1 N–H and O–H groups in total. The Bertz CT molecular complexity index is 1080. The summed E-state index contributed by atoms with van der Waals surface area (Å²) < 4.78 is 10.9. The zero-order chi connectivity index (χ0) is 20.8. The lowest BCUT2D eigenvalue weighted by Crippen LogP contribution is -2.24. The van der Waals surface area contributed by atoms with Crippen LogP contribution in [0.3, 0.4) is 0 Å². The second-order valence-electron chi connectivity index (χ2n) is 5.67. The minimum absolute atomic E-state index is 0.0397. The number of nitrogens with one attached hydrogen (secondary N) is 1. The lowest BCUT2D eigenvalue weighted by atomic mass is 10.1. The van der Waals surface area contributed by atoms with E-state index in [1.54, 1.807) is 36.4 Å². The number of hydrogen-bond acceptors (Lipinski definition) is 6. The van der Waals surface area contributed by atoms with Gasteiger partial charge in [-0.2, -0.15) is 5.10 Å². The van der Waals surface area contributed by atoms with Gasteiger partial charge >= 0.3 is 0 Å². The molecule has 0 aliphatic rings. The van der Waals surface area contributed by atoms with Crippen LogP contribution in [0.2, 0.25) is 10.0 Å². The van der Waals surface area contributed by atoms with Crippen molar-refractivity contribution in [1.29, 1.82) is 0 Å². The average molecular weight is 434 g/mol. The Morgan fingerprint density at radius 2 is 2.03 bits per heavy atom. The molecule has 1 amide bonds. The summed E-state index contributed by atoms with van der Waals surface area (Å²) in [6, 6.07) is 14.0. The maximum Gasteiger partial charge on any atom is 0.277 e. The number of nitro groups is 1. The van der Waals surface area contributed by atoms with Gasteiger partial charge in [0, 0.05) is 22.7 Å². The number of halogens is 2. The fraction of sp³-hybridized carbons (Fsp3) is 0.0526. The van der Waals surface area contributed by atoms with E-state index in [4.69, 9.17) is 32.4 Å². The third-order valence-electron chi connectivity index (χ3n) is 3.60. The summed E-state index contributed by atoms with van der Waals surface area (Å²) in [7, 11) is 0. The van der Waals surface area contributed by atoms with Crippen molar-refractivity contribution in [2.24, 2.45) is 5.10 Å². The van der Waals surface area contributed by atoms with Crippen LogP contribution in [-0.2, 0) is 4.79 Å². The molecular formula is C19H13Cl2N3O5. The van der Waals surface area contributed by atoms with E-state index in [1.807, 2.05) is 0 Å². The largest absolute Gasteiger partial charge is 0.482 e. The number of nitro benzene ring substituents is 1. The van der Waals surface area contributed by atoms with Gasteiger partial charge in [-0.05, 0) is 30.3 Å². The molecule has 1 aromatic heterocycles. The molecule has 3 rings (SSSR count). The van der Waals surface area contributed by atoms with Crippen molar-refractivity contribution in [3.8, 4) is 17.1 Å². The van der Waals surface area contributed by atoms with Gasteiger partial charge in [-0.15, -0.1) is 0 Å². The monoisotopic (exact) mass is 433 g/mol. The Morgan fingerprint density at radius 3 is 2.79 bits per heavy atom. The standard InChI is InChI=1S/C19H13Cl2N3O5/c20-13-4-6-18(16(21)9-13)28-11-19(25)23-22-10-15-5-7-17(29-15)12-2-1-3-14(8-12)24(26)27/h1-10H,11H2,(H,23,25)/b22-10-. The minimum Gasteiger partial charge on any atom is -0.482 e. The Hall–Kier alpha value is -3.36. The van der Waals surface area contributed by atoms with E-state index < -0.39 is 10.8 Å². The van der Waals surface area contributed by atoms with E-state index in [0.717, 1.165) is 0 Å². The third-order valence-corrected chi connectivity index (χ3v) is 4.13. The number of ether oxygens (including phenoxy) is 1. The van der Waals surface area contributed by atoms with Gasteiger partial charge in [-0.1, -0.05) is 35.3 Å². The smallest absolute Gasteiger partial charge is 0.277 e. The molecule has 0 spiro atoms. The summed E-state index contributed by atoms with van der Waals surface area (Å²) in [5.74, 6) is 0.608. The molecule has 2 aromatic carbocycles. The first-order valence-electron chi connectivity index (χ1n) is 8.17. The third kappa shape index (κ3) is 5.56. The number of benzene rings is 2. The van der Waals surface area contributed by atoms with Crippen LogP contribution in [0.25, 0.3) is 11.3 Å². The van der Waals surface area contributed by atoms with Crippen LogP contribution >= 0.6 is 23.2 Å². The molecule has 0 atom stereocenters. The van der Waals surface area contributed by atoms with Gasteiger partial charge in [0.05, 0.1) is 16.2 Å². The molecule has 0 unspecified atom stereocenters. The van der Waals surface area contributed by atoms with Crippen LogP contribution < -0.4 is 10.2 Å². The Balaban J connectivity index is 1.55. The van der Waals surface area contributed by atoms with Crippen LogP contribution in [0.1, 0.15) is 5.76 Å².